The first kappa shape index (κ1) is 14.5. The minimum atomic E-state index is 0.418. The summed E-state index contributed by atoms with van der Waals surface area (Å²) >= 11 is 5.27. The van der Waals surface area contributed by atoms with E-state index in [1.165, 1.54) is 8.66 Å². The normalized spacial score (nSPS) is 11.4. The largest absolute Gasteiger partial charge is 0.368 e. The van der Waals surface area contributed by atoms with Crippen LogP contribution < -0.4 is 5.32 Å². The summed E-state index contributed by atoms with van der Waals surface area (Å²) in [6, 6.07) is 6.35. The molecule has 4 nitrogen and oxygen atoms in total. The fourth-order valence-corrected chi connectivity index (χ4v) is 3.63. The van der Waals surface area contributed by atoms with Crippen molar-refractivity contribution in [3.63, 3.8) is 0 Å². The number of hydrogen-bond acceptors (Lipinski definition) is 4. The van der Waals surface area contributed by atoms with Crippen LogP contribution >= 0.6 is 27.3 Å². The average Bonchev–Trinajstić information content (AvgIpc) is 3.05. The first-order chi connectivity index (χ1) is 10.1. The maximum Gasteiger partial charge on any atom is 0.152 e. The third-order valence-electron chi connectivity index (χ3n) is 3.29. The molecule has 0 bridgehead atoms. The third-order valence-corrected chi connectivity index (χ3v) is 4.98. The van der Waals surface area contributed by atoms with E-state index in [4.69, 9.17) is 0 Å². The zero-order valence-electron chi connectivity index (χ0n) is 12.0. The van der Waals surface area contributed by atoms with E-state index < -0.39 is 0 Å². The molecule has 0 saturated heterocycles. The van der Waals surface area contributed by atoms with Crippen molar-refractivity contribution < 1.29 is 0 Å². The van der Waals surface area contributed by atoms with Crippen molar-refractivity contribution in [2.24, 2.45) is 0 Å². The van der Waals surface area contributed by atoms with Crippen molar-refractivity contribution in [1.29, 1.82) is 0 Å². The van der Waals surface area contributed by atoms with Crippen LogP contribution in [0.1, 0.15) is 30.3 Å². The van der Waals surface area contributed by atoms with Crippen molar-refractivity contribution in [3.05, 3.63) is 45.0 Å². The fraction of sp³-hybridized carbons (Fsp3) is 0.333. The van der Waals surface area contributed by atoms with Gasteiger partial charge in [-0.1, -0.05) is 13.8 Å². The van der Waals surface area contributed by atoms with E-state index in [2.05, 4.69) is 63.4 Å². The van der Waals surface area contributed by atoms with Gasteiger partial charge in [-0.2, -0.15) is 5.10 Å². The summed E-state index contributed by atoms with van der Waals surface area (Å²) in [5.74, 6) is 1.31. The van der Waals surface area contributed by atoms with E-state index in [1.54, 1.807) is 17.5 Å². The number of nitrogens with zero attached hydrogens (tertiary/aromatic N) is 3. The van der Waals surface area contributed by atoms with Crippen molar-refractivity contribution in [3.8, 4) is 0 Å². The minimum absolute atomic E-state index is 0.418. The van der Waals surface area contributed by atoms with E-state index in [0.29, 0.717) is 5.92 Å². The SMILES string of the molecule is CC(C)c1cc2c(NCCc3ccc(Br)s3)nccn2n1. The molecule has 3 heterocycles. The van der Waals surface area contributed by atoms with Crippen LogP contribution in [0.2, 0.25) is 0 Å². The van der Waals surface area contributed by atoms with Gasteiger partial charge in [-0.05, 0) is 46.5 Å². The van der Waals surface area contributed by atoms with Crippen LogP contribution in [0.15, 0.2) is 34.4 Å². The van der Waals surface area contributed by atoms with Gasteiger partial charge in [-0.15, -0.1) is 11.3 Å². The Kier molecular flexibility index (Phi) is 4.26. The maximum absolute atomic E-state index is 4.57. The summed E-state index contributed by atoms with van der Waals surface area (Å²) < 4.78 is 3.07. The molecule has 0 amide bonds. The Morgan fingerprint density at radius 3 is 2.95 bits per heavy atom. The third kappa shape index (κ3) is 3.27. The lowest BCUT2D eigenvalue weighted by atomic mass is 10.1. The van der Waals surface area contributed by atoms with Crippen molar-refractivity contribution in [2.75, 3.05) is 11.9 Å². The molecule has 110 valence electrons. The molecule has 0 aromatic carbocycles. The topological polar surface area (TPSA) is 42.2 Å². The molecule has 3 aromatic heterocycles. The molecule has 0 aliphatic heterocycles. The van der Waals surface area contributed by atoms with Crippen molar-refractivity contribution in [2.45, 2.75) is 26.2 Å². The first-order valence-corrected chi connectivity index (χ1v) is 8.57. The van der Waals surface area contributed by atoms with Crippen LogP contribution in [-0.2, 0) is 6.42 Å². The van der Waals surface area contributed by atoms with Crippen LogP contribution in [-0.4, -0.2) is 21.1 Å². The van der Waals surface area contributed by atoms with Gasteiger partial charge in [0.1, 0.15) is 5.52 Å². The quantitative estimate of drug-likeness (QED) is 0.732. The molecule has 6 heteroatoms. The summed E-state index contributed by atoms with van der Waals surface area (Å²) in [7, 11) is 0. The molecule has 0 radical (unpaired) electrons. The van der Waals surface area contributed by atoms with Gasteiger partial charge in [0.2, 0.25) is 0 Å². The molecule has 1 N–H and O–H groups in total. The zero-order valence-corrected chi connectivity index (χ0v) is 14.4. The lowest BCUT2D eigenvalue weighted by molar-refractivity contribution is 0.787. The Hall–Kier alpha value is -1.40. The summed E-state index contributed by atoms with van der Waals surface area (Å²) in [4.78, 5) is 5.80. The number of rotatable bonds is 5. The standard InChI is InChI=1S/C15H17BrN4S/c1-10(2)12-9-13-15(18-7-8-20(13)19-12)17-6-5-11-3-4-14(16)21-11/h3-4,7-10H,5-6H2,1-2H3,(H,17,18). The summed E-state index contributed by atoms with van der Waals surface area (Å²) in [6.45, 7) is 5.16. The minimum Gasteiger partial charge on any atom is -0.368 e. The van der Waals surface area contributed by atoms with Crippen LogP contribution in [0.5, 0.6) is 0 Å². The van der Waals surface area contributed by atoms with Crippen molar-refractivity contribution in [1.82, 2.24) is 14.6 Å². The highest BCUT2D eigenvalue weighted by Crippen LogP contribution is 2.23. The van der Waals surface area contributed by atoms with Crippen molar-refractivity contribution >= 4 is 38.6 Å². The highest BCUT2D eigenvalue weighted by atomic mass is 79.9. The molecule has 0 unspecified atom stereocenters. The second-order valence-electron chi connectivity index (χ2n) is 5.21. The second kappa shape index (κ2) is 6.15. The first-order valence-electron chi connectivity index (χ1n) is 6.96. The Balaban J connectivity index is 1.74. The van der Waals surface area contributed by atoms with Gasteiger partial charge in [0, 0.05) is 23.8 Å². The molecule has 0 saturated carbocycles. The number of aromatic nitrogens is 3. The van der Waals surface area contributed by atoms with Crippen LogP contribution in [0.4, 0.5) is 5.82 Å². The lowest BCUT2D eigenvalue weighted by Gasteiger charge is -2.05. The Morgan fingerprint density at radius 2 is 2.24 bits per heavy atom. The van der Waals surface area contributed by atoms with Crippen LogP contribution in [0.25, 0.3) is 5.52 Å². The molecule has 0 atom stereocenters. The number of hydrogen-bond donors (Lipinski definition) is 1. The smallest absolute Gasteiger partial charge is 0.152 e. The molecule has 0 fully saturated rings. The number of nitrogens with one attached hydrogen (secondary N) is 1. The van der Waals surface area contributed by atoms with Gasteiger partial charge in [0.15, 0.2) is 5.82 Å². The Labute approximate surface area is 136 Å². The van der Waals surface area contributed by atoms with E-state index in [1.807, 2.05) is 10.7 Å². The van der Waals surface area contributed by atoms with Crippen LogP contribution in [0, 0.1) is 0 Å². The monoisotopic (exact) mass is 364 g/mol. The second-order valence-corrected chi connectivity index (χ2v) is 7.76. The van der Waals surface area contributed by atoms with Gasteiger partial charge < -0.3 is 5.32 Å². The summed E-state index contributed by atoms with van der Waals surface area (Å²) in [5, 5.41) is 7.99. The maximum atomic E-state index is 4.57. The van der Waals surface area contributed by atoms with Gasteiger partial charge in [0.25, 0.3) is 0 Å². The van der Waals surface area contributed by atoms with E-state index in [9.17, 15) is 0 Å². The van der Waals surface area contributed by atoms with E-state index >= 15 is 0 Å². The predicted molar refractivity (Wildman–Crippen MR) is 91.3 cm³/mol. The summed E-state index contributed by atoms with van der Waals surface area (Å²) in [5.41, 5.74) is 2.13. The Bertz CT molecular complexity index is 747. The fourth-order valence-electron chi connectivity index (χ4n) is 2.15. The molecule has 0 spiro atoms. The summed E-state index contributed by atoms with van der Waals surface area (Å²) in [6.07, 6.45) is 4.67. The van der Waals surface area contributed by atoms with Gasteiger partial charge in [-0.3, -0.25) is 0 Å². The van der Waals surface area contributed by atoms with Crippen LogP contribution in [0.3, 0.4) is 0 Å². The number of thiophene rings is 1. The lowest BCUT2D eigenvalue weighted by Crippen LogP contribution is -2.06. The van der Waals surface area contributed by atoms with Gasteiger partial charge in [0.05, 0.1) is 9.48 Å². The zero-order chi connectivity index (χ0) is 14.8. The molecule has 0 aliphatic carbocycles. The molecular weight excluding hydrogens is 348 g/mol. The highest BCUT2D eigenvalue weighted by Gasteiger charge is 2.09. The highest BCUT2D eigenvalue weighted by molar-refractivity contribution is 9.11. The molecular formula is C15H17BrN4S. The average molecular weight is 365 g/mol. The molecule has 0 aliphatic rings. The van der Waals surface area contributed by atoms with E-state index in [0.717, 1.165) is 30.0 Å². The van der Waals surface area contributed by atoms with Gasteiger partial charge >= 0.3 is 0 Å². The number of anilines is 1. The van der Waals surface area contributed by atoms with E-state index in [-0.39, 0.29) is 0 Å². The Morgan fingerprint density at radius 1 is 1.38 bits per heavy atom. The predicted octanol–water partition coefficient (Wildman–Crippen LogP) is 4.33. The number of fused-ring (bicyclic) bond motifs is 1. The van der Waals surface area contributed by atoms with Gasteiger partial charge in [-0.25, -0.2) is 9.50 Å². The molecule has 21 heavy (non-hydrogen) atoms. The number of halogens is 1. The molecule has 3 rings (SSSR count). The molecule has 3 aromatic rings.